The Hall–Kier alpha value is -0.880. The Balaban J connectivity index is 2.80. The van der Waals surface area contributed by atoms with Gasteiger partial charge in [-0.25, -0.2) is 8.42 Å². The normalized spacial score (nSPS) is 14.7. The molecule has 0 spiro atoms. The average Bonchev–Trinajstić information content (AvgIpc) is 2.36. The van der Waals surface area contributed by atoms with E-state index in [1.165, 1.54) is 6.92 Å². The molecule has 0 aliphatic rings. The summed E-state index contributed by atoms with van der Waals surface area (Å²) in [4.78, 5) is 12.1. The fraction of sp³-hybridized carbons (Fsp3) is 0.462. The molecule has 1 rings (SSSR count). The summed E-state index contributed by atoms with van der Waals surface area (Å²) < 4.78 is 27.2. The Morgan fingerprint density at radius 2 is 1.89 bits per heavy atom. The van der Waals surface area contributed by atoms with Crippen molar-refractivity contribution in [3.8, 4) is 0 Å². The molecule has 4 nitrogen and oxygen atoms in total. The van der Waals surface area contributed by atoms with Crippen molar-refractivity contribution >= 4 is 31.7 Å². The topological polar surface area (TPSA) is 60.4 Å². The van der Waals surface area contributed by atoms with Crippen molar-refractivity contribution in [1.29, 1.82) is 0 Å². The van der Waals surface area contributed by atoms with Crippen LogP contribution in [0.4, 0.5) is 0 Å². The second-order valence-corrected chi connectivity index (χ2v) is 7.74. The summed E-state index contributed by atoms with van der Waals surface area (Å²) in [6.07, 6.45) is 1.24. The van der Waals surface area contributed by atoms with Crippen LogP contribution in [0.3, 0.4) is 0 Å². The highest BCUT2D eigenvalue weighted by Crippen LogP contribution is 2.24. The predicted molar refractivity (Wildman–Crippen MR) is 77.9 cm³/mol. The summed E-state index contributed by atoms with van der Waals surface area (Å²) in [6.45, 7) is 1.48. The molecule has 19 heavy (non-hydrogen) atoms. The Morgan fingerprint density at radius 1 is 1.32 bits per heavy atom. The Bertz CT molecular complexity index is 527. The van der Waals surface area contributed by atoms with Crippen molar-refractivity contribution in [2.45, 2.75) is 24.7 Å². The Labute approximate surface area is 122 Å². The van der Waals surface area contributed by atoms with Crippen molar-refractivity contribution in [1.82, 2.24) is 0 Å². The minimum Gasteiger partial charge on any atom is -0.460 e. The van der Waals surface area contributed by atoms with Gasteiger partial charge in [-0.3, -0.25) is 4.79 Å². The van der Waals surface area contributed by atoms with Gasteiger partial charge in [-0.15, -0.1) is 0 Å². The number of ether oxygens (including phenoxy) is 1. The predicted octanol–water partition coefficient (Wildman–Crippen LogP) is 2.32. The zero-order chi connectivity index (χ0) is 14.5. The molecule has 0 heterocycles. The largest absolute Gasteiger partial charge is 0.460 e. The number of rotatable bonds is 6. The molecule has 1 aromatic rings. The number of halogens is 1. The maximum Gasteiger partial charge on any atom is 0.327 e. The third kappa shape index (κ3) is 4.04. The van der Waals surface area contributed by atoms with Crippen molar-refractivity contribution < 1.29 is 17.9 Å². The van der Waals surface area contributed by atoms with Crippen LogP contribution < -0.4 is 0 Å². The number of carbonyl (C=O) groups excluding carboxylic acids is 1. The van der Waals surface area contributed by atoms with Gasteiger partial charge in [0.1, 0.15) is 6.61 Å². The lowest BCUT2D eigenvalue weighted by molar-refractivity contribution is -0.147. The van der Waals surface area contributed by atoms with E-state index in [1.54, 1.807) is 0 Å². The molecule has 0 amide bonds. The van der Waals surface area contributed by atoms with E-state index in [1.807, 2.05) is 30.3 Å². The molecule has 0 saturated heterocycles. The van der Waals surface area contributed by atoms with E-state index >= 15 is 0 Å². The summed E-state index contributed by atoms with van der Waals surface area (Å²) in [5, 5.41) is 0.414. The summed E-state index contributed by atoms with van der Waals surface area (Å²) in [5.41, 5.74) is 0.825. The van der Waals surface area contributed by atoms with Gasteiger partial charge in [0.2, 0.25) is 0 Å². The minimum absolute atomic E-state index is 0.0765. The first kappa shape index (κ1) is 16.2. The summed E-state index contributed by atoms with van der Waals surface area (Å²) in [5.74, 6) is -0.710. The van der Waals surface area contributed by atoms with Crippen LogP contribution in [0, 0.1) is 0 Å². The highest BCUT2D eigenvalue weighted by Gasteiger charge is 2.44. The lowest BCUT2D eigenvalue weighted by Crippen LogP contribution is -2.44. The molecule has 0 aliphatic carbocycles. The number of hydrogen-bond acceptors (Lipinski definition) is 4. The molecule has 0 aliphatic heterocycles. The molecule has 0 radical (unpaired) electrons. The molecule has 0 N–H and O–H groups in total. The van der Waals surface area contributed by atoms with Crippen molar-refractivity contribution in [3.63, 3.8) is 0 Å². The van der Waals surface area contributed by atoms with Gasteiger partial charge in [-0.1, -0.05) is 46.3 Å². The van der Waals surface area contributed by atoms with Crippen molar-refractivity contribution in [2.75, 3.05) is 11.6 Å². The lowest BCUT2D eigenvalue weighted by Gasteiger charge is -2.24. The number of hydrogen-bond donors (Lipinski definition) is 0. The summed E-state index contributed by atoms with van der Waals surface area (Å²) in [7, 11) is -3.53. The van der Waals surface area contributed by atoms with Gasteiger partial charge in [0.25, 0.3) is 0 Å². The van der Waals surface area contributed by atoms with E-state index in [2.05, 4.69) is 15.9 Å². The van der Waals surface area contributed by atoms with Crippen LogP contribution in [-0.2, 0) is 26.0 Å². The van der Waals surface area contributed by atoms with Crippen LogP contribution in [0.15, 0.2) is 30.3 Å². The van der Waals surface area contributed by atoms with Crippen LogP contribution in [0.1, 0.15) is 18.9 Å². The molecule has 1 atom stereocenters. The van der Waals surface area contributed by atoms with Gasteiger partial charge in [-0.05, 0) is 18.9 Å². The third-order valence-electron chi connectivity index (χ3n) is 3.03. The van der Waals surface area contributed by atoms with Crippen LogP contribution in [-0.4, -0.2) is 30.7 Å². The van der Waals surface area contributed by atoms with Crippen LogP contribution in [0.5, 0.6) is 0 Å². The van der Waals surface area contributed by atoms with Crippen molar-refractivity contribution in [3.05, 3.63) is 35.9 Å². The molecular formula is C13H17BrO4S. The fourth-order valence-corrected chi connectivity index (χ4v) is 3.38. The zero-order valence-corrected chi connectivity index (χ0v) is 13.3. The zero-order valence-electron chi connectivity index (χ0n) is 10.9. The second kappa shape index (κ2) is 6.52. The first-order chi connectivity index (χ1) is 8.81. The smallest absolute Gasteiger partial charge is 0.327 e. The third-order valence-corrected chi connectivity index (χ3v) is 5.44. The monoisotopic (exact) mass is 348 g/mol. The summed E-state index contributed by atoms with van der Waals surface area (Å²) >= 11 is 3.17. The van der Waals surface area contributed by atoms with Gasteiger partial charge in [-0.2, -0.15) is 0 Å². The fourth-order valence-electron chi connectivity index (χ4n) is 1.49. The number of alkyl halides is 1. The molecule has 0 saturated carbocycles. The molecular weight excluding hydrogens is 332 g/mol. The van der Waals surface area contributed by atoms with Crippen molar-refractivity contribution in [2.24, 2.45) is 0 Å². The van der Waals surface area contributed by atoms with Gasteiger partial charge in [0, 0.05) is 11.6 Å². The van der Waals surface area contributed by atoms with Gasteiger partial charge in [0.15, 0.2) is 14.6 Å². The van der Waals surface area contributed by atoms with E-state index in [-0.39, 0.29) is 13.0 Å². The highest BCUT2D eigenvalue weighted by molar-refractivity contribution is 9.09. The number of carbonyl (C=O) groups is 1. The van der Waals surface area contributed by atoms with Gasteiger partial charge in [0.05, 0.1) is 0 Å². The number of esters is 1. The SMILES string of the molecule is C[C@@](CCBr)(C(=O)OCc1ccccc1)S(C)(=O)=O. The molecule has 0 bridgehead atoms. The van der Waals surface area contributed by atoms with E-state index in [0.29, 0.717) is 5.33 Å². The average molecular weight is 349 g/mol. The minimum atomic E-state index is -3.53. The first-order valence-electron chi connectivity index (χ1n) is 5.78. The highest BCUT2D eigenvalue weighted by atomic mass is 79.9. The Kier molecular flexibility index (Phi) is 5.55. The Morgan fingerprint density at radius 3 is 2.37 bits per heavy atom. The molecule has 0 aromatic heterocycles. The standard InChI is InChI=1S/C13H17BrO4S/c1-13(8-9-14,19(2,16)17)12(15)18-10-11-6-4-3-5-7-11/h3-7H,8-10H2,1-2H3/t13-/m1/s1. The van der Waals surface area contributed by atoms with E-state index in [9.17, 15) is 13.2 Å². The van der Waals surface area contributed by atoms with E-state index in [4.69, 9.17) is 4.74 Å². The molecule has 1 aromatic carbocycles. The van der Waals surface area contributed by atoms with Crippen LogP contribution in [0.25, 0.3) is 0 Å². The lowest BCUT2D eigenvalue weighted by atomic mass is 10.1. The second-order valence-electron chi connectivity index (χ2n) is 4.50. The maximum atomic E-state index is 12.1. The van der Waals surface area contributed by atoms with Gasteiger partial charge >= 0.3 is 5.97 Å². The maximum absolute atomic E-state index is 12.1. The molecule has 0 unspecified atom stereocenters. The molecule has 6 heteroatoms. The van der Waals surface area contributed by atoms with Gasteiger partial charge < -0.3 is 4.74 Å². The quantitative estimate of drug-likeness (QED) is 0.584. The molecule has 106 valence electrons. The first-order valence-corrected chi connectivity index (χ1v) is 8.79. The van der Waals surface area contributed by atoms with E-state index in [0.717, 1.165) is 11.8 Å². The van der Waals surface area contributed by atoms with Crippen LogP contribution in [0.2, 0.25) is 0 Å². The van der Waals surface area contributed by atoms with Crippen LogP contribution >= 0.6 is 15.9 Å². The number of benzene rings is 1. The number of sulfone groups is 1. The van der Waals surface area contributed by atoms with E-state index < -0.39 is 20.6 Å². The summed E-state index contributed by atoms with van der Waals surface area (Å²) in [6, 6.07) is 9.15. The molecule has 0 fully saturated rings.